The van der Waals surface area contributed by atoms with Gasteiger partial charge in [0.25, 0.3) is 0 Å². The topological polar surface area (TPSA) is 23.1 Å². The van der Waals surface area contributed by atoms with E-state index in [1.165, 1.54) is 19.3 Å². The Kier molecular flexibility index (Phi) is 4.02. The highest BCUT2D eigenvalue weighted by atomic mass is 16.5. The fraction of sp³-hybridized carbons (Fsp3) is 1.00. The van der Waals surface area contributed by atoms with E-state index < -0.39 is 0 Å². The lowest BCUT2D eigenvalue weighted by molar-refractivity contribution is -0.868. The molecule has 0 bridgehead atoms. The van der Waals surface area contributed by atoms with E-state index in [-0.39, 0.29) is 4.65 Å². The Morgan fingerprint density at radius 2 is 1.75 bits per heavy atom. The van der Waals surface area contributed by atoms with Gasteiger partial charge in [-0.25, -0.2) is 0 Å². The molecule has 0 radical (unpaired) electrons. The van der Waals surface area contributed by atoms with Crippen LogP contribution in [-0.2, 0) is 0 Å². The highest BCUT2D eigenvalue weighted by molar-refractivity contribution is 4.55. The quantitative estimate of drug-likeness (QED) is 0.354. The largest absolute Gasteiger partial charge is 0.633 e. The van der Waals surface area contributed by atoms with Crippen molar-refractivity contribution in [2.75, 3.05) is 19.6 Å². The van der Waals surface area contributed by atoms with Crippen LogP contribution in [0.15, 0.2) is 0 Å². The van der Waals surface area contributed by atoms with Crippen molar-refractivity contribution in [3.05, 3.63) is 5.21 Å². The molecule has 0 aromatic heterocycles. The van der Waals surface area contributed by atoms with Crippen molar-refractivity contribution in [2.45, 2.75) is 45.4 Å². The average molecular weight is 171 g/mol. The summed E-state index contributed by atoms with van der Waals surface area (Å²) in [6.45, 7) is 4.84. The molecule has 1 rings (SSSR count). The van der Waals surface area contributed by atoms with E-state index in [1.54, 1.807) is 0 Å². The molecule has 1 saturated heterocycles. The molecule has 0 saturated carbocycles. The van der Waals surface area contributed by atoms with Crippen LogP contribution in [0.1, 0.15) is 45.4 Å². The molecule has 1 fully saturated rings. The molecule has 1 aliphatic rings. The minimum absolute atomic E-state index is 0.115. The van der Waals surface area contributed by atoms with Crippen LogP contribution in [0.3, 0.4) is 0 Å². The zero-order valence-electron chi connectivity index (χ0n) is 8.22. The lowest BCUT2D eigenvalue weighted by Gasteiger charge is -2.38. The molecule has 0 spiro atoms. The molecule has 0 unspecified atom stereocenters. The van der Waals surface area contributed by atoms with Crippen LogP contribution in [0.4, 0.5) is 0 Å². The van der Waals surface area contributed by atoms with E-state index in [9.17, 15) is 5.21 Å². The average Bonchev–Trinajstić information content (AvgIpc) is 2.47. The summed E-state index contributed by atoms with van der Waals surface area (Å²) in [4.78, 5) is 0. The van der Waals surface area contributed by atoms with Crippen molar-refractivity contribution < 1.29 is 4.65 Å². The van der Waals surface area contributed by atoms with Crippen molar-refractivity contribution in [3.8, 4) is 0 Å². The lowest BCUT2D eigenvalue weighted by Crippen LogP contribution is -2.39. The zero-order valence-corrected chi connectivity index (χ0v) is 8.22. The monoisotopic (exact) mass is 171 g/mol. The standard InChI is InChI=1S/C10H21NO/c1-2-3-4-5-8-11(12)9-6-7-10-11/h2-10H2,1H3. The Bertz CT molecular complexity index is 119. The summed E-state index contributed by atoms with van der Waals surface area (Å²) in [6.07, 6.45) is 7.24. The van der Waals surface area contributed by atoms with Gasteiger partial charge in [0.05, 0.1) is 19.6 Å². The number of hydrogen-bond donors (Lipinski definition) is 0. The van der Waals surface area contributed by atoms with E-state index in [0.717, 1.165) is 38.9 Å². The van der Waals surface area contributed by atoms with Gasteiger partial charge in [0.15, 0.2) is 0 Å². The molecule has 12 heavy (non-hydrogen) atoms. The zero-order chi connectivity index (χ0) is 8.86. The molecular weight excluding hydrogens is 150 g/mol. The number of hydroxylamine groups is 3. The summed E-state index contributed by atoms with van der Waals surface area (Å²) >= 11 is 0. The smallest absolute Gasteiger partial charge is 0.0786 e. The first-order valence-electron chi connectivity index (χ1n) is 5.34. The molecule has 0 amide bonds. The Balaban J connectivity index is 2.05. The van der Waals surface area contributed by atoms with Gasteiger partial charge in [-0.2, -0.15) is 0 Å². The normalized spacial score (nSPS) is 21.5. The number of unbranched alkanes of at least 4 members (excludes halogenated alkanes) is 3. The third kappa shape index (κ3) is 3.11. The van der Waals surface area contributed by atoms with Crippen molar-refractivity contribution in [3.63, 3.8) is 0 Å². The second-order valence-corrected chi connectivity index (χ2v) is 4.00. The molecule has 0 N–H and O–H groups in total. The van der Waals surface area contributed by atoms with Crippen LogP contribution in [0.25, 0.3) is 0 Å². The molecule has 1 heterocycles. The Hall–Kier alpha value is -0.0800. The molecular formula is C10H21NO. The van der Waals surface area contributed by atoms with Crippen LogP contribution in [-0.4, -0.2) is 24.3 Å². The Labute approximate surface area is 75.7 Å². The summed E-state index contributed by atoms with van der Waals surface area (Å²) < 4.78 is 0.115. The summed E-state index contributed by atoms with van der Waals surface area (Å²) in [6, 6.07) is 0. The molecule has 2 nitrogen and oxygen atoms in total. The van der Waals surface area contributed by atoms with Gasteiger partial charge in [0.2, 0.25) is 0 Å². The second-order valence-electron chi connectivity index (χ2n) is 4.00. The number of nitrogens with zero attached hydrogens (tertiary/aromatic N) is 1. The van der Waals surface area contributed by atoms with E-state index in [1.807, 2.05) is 0 Å². The van der Waals surface area contributed by atoms with Crippen LogP contribution in [0, 0.1) is 5.21 Å². The third-order valence-electron chi connectivity index (χ3n) is 2.80. The maximum atomic E-state index is 11.8. The molecule has 0 aromatic rings. The fourth-order valence-electron chi connectivity index (χ4n) is 1.96. The van der Waals surface area contributed by atoms with Gasteiger partial charge in [-0.3, -0.25) is 0 Å². The van der Waals surface area contributed by atoms with Gasteiger partial charge in [0.1, 0.15) is 0 Å². The van der Waals surface area contributed by atoms with E-state index >= 15 is 0 Å². The number of likely N-dealkylation sites (tertiary alicyclic amines) is 1. The molecule has 0 aliphatic carbocycles. The van der Waals surface area contributed by atoms with Crippen LogP contribution in [0.2, 0.25) is 0 Å². The van der Waals surface area contributed by atoms with Gasteiger partial charge in [0, 0.05) is 12.8 Å². The maximum Gasteiger partial charge on any atom is 0.0786 e. The Morgan fingerprint density at radius 1 is 1.08 bits per heavy atom. The van der Waals surface area contributed by atoms with Crippen molar-refractivity contribution in [2.24, 2.45) is 0 Å². The van der Waals surface area contributed by atoms with Crippen LogP contribution < -0.4 is 0 Å². The van der Waals surface area contributed by atoms with Gasteiger partial charge in [-0.05, 0) is 12.8 Å². The van der Waals surface area contributed by atoms with Crippen molar-refractivity contribution >= 4 is 0 Å². The van der Waals surface area contributed by atoms with E-state index in [0.29, 0.717) is 0 Å². The Morgan fingerprint density at radius 3 is 2.33 bits per heavy atom. The summed E-state index contributed by atoms with van der Waals surface area (Å²) in [5.74, 6) is 0. The van der Waals surface area contributed by atoms with Crippen LogP contribution >= 0.6 is 0 Å². The predicted molar refractivity (Wildman–Crippen MR) is 51.6 cm³/mol. The molecule has 0 atom stereocenters. The molecule has 72 valence electrons. The highest BCUT2D eigenvalue weighted by Crippen LogP contribution is 2.18. The summed E-state index contributed by atoms with van der Waals surface area (Å²) in [5.41, 5.74) is 0. The number of quaternary nitrogens is 1. The molecule has 0 aromatic carbocycles. The lowest BCUT2D eigenvalue weighted by atomic mass is 10.2. The predicted octanol–water partition coefficient (Wildman–Crippen LogP) is 2.68. The summed E-state index contributed by atoms with van der Waals surface area (Å²) in [7, 11) is 0. The first-order valence-corrected chi connectivity index (χ1v) is 5.34. The minimum atomic E-state index is 0.115. The van der Waals surface area contributed by atoms with E-state index in [2.05, 4.69) is 6.92 Å². The SMILES string of the molecule is CCCCCC[N+]1([O-])CCCC1. The van der Waals surface area contributed by atoms with Gasteiger partial charge < -0.3 is 9.85 Å². The fourth-order valence-corrected chi connectivity index (χ4v) is 1.96. The first kappa shape index (κ1) is 10.0. The van der Waals surface area contributed by atoms with Crippen molar-refractivity contribution in [1.29, 1.82) is 0 Å². The minimum Gasteiger partial charge on any atom is -0.633 e. The van der Waals surface area contributed by atoms with Crippen molar-refractivity contribution in [1.82, 2.24) is 0 Å². The van der Waals surface area contributed by atoms with Gasteiger partial charge in [-0.15, -0.1) is 0 Å². The van der Waals surface area contributed by atoms with Gasteiger partial charge >= 0.3 is 0 Å². The molecule has 2 heteroatoms. The second kappa shape index (κ2) is 4.83. The number of rotatable bonds is 5. The highest BCUT2D eigenvalue weighted by Gasteiger charge is 2.21. The summed E-state index contributed by atoms with van der Waals surface area (Å²) in [5, 5.41) is 11.8. The molecule has 1 aliphatic heterocycles. The maximum absolute atomic E-state index is 11.8. The first-order chi connectivity index (χ1) is 5.77. The number of hydrogen-bond acceptors (Lipinski definition) is 1. The third-order valence-corrected chi connectivity index (χ3v) is 2.80. The van der Waals surface area contributed by atoms with E-state index in [4.69, 9.17) is 0 Å². The van der Waals surface area contributed by atoms with Crippen LogP contribution in [0.5, 0.6) is 0 Å². The van der Waals surface area contributed by atoms with Gasteiger partial charge in [-0.1, -0.05) is 19.8 Å².